The molecule has 104 valence electrons. The van der Waals surface area contributed by atoms with Crippen molar-refractivity contribution in [3.8, 4) is 0 Å². The fourth-order valence-electron chi connectivity index (χ4n) is 1.21. The van der Waals surface area contributed by atoms with Crippen molar-refractivity contribution in [3.05, 3.63) is 30.3 Å². The molecule has 0 aliphatic carbocycles. The molecule has 0 spiro atoms. The maximum Gasteiger partial charge on any atom is 0.185 e. The smallest absolute Gasteiger partial charge is 0.185 e. The Morgan fingerprint density at radius 3 is 2.32 bits per heavy atom. The molecular weight excluding hydrogens is 296 g/mol. The highest BCUT2D eigenvalue weighted by Crippen LogP contribution is 2.15. The van der Waals surface area contributed by atoms with Gasteiger partial charge in [0.05, 0.1) is 0 Å². The van der Waals surface area contributed by atoms with Gasteiger partial charge in [0, 0.05) is 23.7 Å². The largest absolute Gasteiger partial charge is 0.362 e. The van der Waals surface area contributed by atoms with Gasteiger partial charge in [0.25, 0.3) is 0 Å². The van der Waals surface area contributed by atoms with Gasteiger partial charge in [-0.3, -0.25) is 10.9 Å². The van der Waals surface area contributed by atoms with Crippen LogP contribution in [0.3, 0.4) is 0 Å². The highest BCUT2D eigenvalue weighted by Gasteiger charge is 1.97. The van der Waals surface area contributed by atoms with Crippen LogP contribution in [0.5, 0.6) is 0 Å². The summed E-state index contributed by atoms with van der Waals surface area (Å²) in [6, 6.07) is 10.3. The second-order valence-electron chi connectivity index (χ2n) is 3.53. The zero-order chi connectivity index (χ0) is 13.9. The molecule has 1 aromatic rings. The van der Waals surface area contributed by atoms with Crippen molar-refractivity contribution in [2.24, 2.45) is 0 Å². The number of thioether (sulfide) groups is 1. The van der Waals surface area contributed by atoms with Gasteiger partial charge < -0.3 is 10.6 Å². The topological polar surface area (TPSA) is 48.1 Å². The monoisotopic (exact) mass is 314 g/mol. The molecule has 0 amide bonds. The lowest BCUT2D eigenvalue weighted by molar-refractivity contribution is 0.793. The molecule has 0 aliphatic rings. The zero-order valence-corrected chi connectivity index (χ0v) is 13.2. The van der Waals surface area contributed by atoms with Crippen LogP contribution < -0.4 is 21.5 Å². The fraction of sp³-hybridized carbons (Fsp3) is 0.333. The zero-order valence-electron chi connectivity index (χ0n) is 10.7. The van der Waals surface area contributed by atoms with E-state index >= 15 is 0 Å². The minimum atomic E-state index is 0.533. The first kappa shape index (κ1) is 16.0. The number of hydrogen-bond acceptors (Lipinski definition) is 3. The third kappa shape index (κ3) is 7.86. The van der Waals surface area contributed by atoms with Crippen LogP contribution in [0.1, 0.15) is 6.92 Å². The van der Waals surface area contributed by atoms with Crippen molar-refractivity contribution in [1.29, 1.82) is 0 Å². The maximum atomic E-state index is 5.11. The Kier molecular flexibility index (Phi) is 8.28. The first-order valence-electron chi connectivity index (χ1n) is 5.98. The van der Waals surface area contributed by atoms with Crippen LogP contribution >= 0.6 is 36.2 Å². The summed E-state index contributed by atoms with van der Waals surface area (Å²) >= 11 is 11.9. The lowest BCUT2D eigenvalue weighted by Crippen LogP contribution is -2.50. The SMILES string of the molecule is CCNC(=S)NNC(=S)NCCSc1ccccc1. The molecule has 0 aromatic heterocycles. The van der Waals surface area contributed by atoms with Crippen molar-refractivity contribution in [3.63, 3.8) is 0 Å². The van der Waals surface area contributed by atoms with E-state index in [4.69, 9.17) is 24.4 Å². The van der Waals surface area contributed by atoms with Crippen LogP contribution in [0.25, 0.3) is 0 Å². The molecule has 19 heavy (non-hydrogen) atoms. The second kappa shape index (κ2) is 9.82. The fourth-order valence-corrected chi connectivity index (χ4v) is 2.35. The molecule has 4 N–H and O–H groups in total. The van der Waals surface area contributed by atoms with Crippen molar-refractivity contribution in [2.75, 3.05) is 18.8 Å². The van der Waals surface area contributed by atoms with Gasteiger partial charge in [0.15, 0.2) is 10.2 Å². The molecule has 0 saturated heterocycles. The second-order valence-corrected chi connectivity index (χ2v) is 5.51. The van der Waals surface area contributed by atoms with Crippen LogP contribution in [-0.4, -0.2) is 29.1 Å². The molecular formula is C12H18N4S3. The summed E-state index contributed by atoms with van der Waals surface area (Å²) < 4.78 is 0. The Labute approximate surface area is 129 Å². The minimum absolute atomic E-state index is 0.533. The lowest BCUT2D eigenvalue weighted by Gasteiger charge is -2.13. The summed E-state index contributed by atoms with van der Waals surface area (Å²) in [5.41, 5.74) is 5.63. The first-order valence-corrected chi connectivity index (χ1v) is 7.78. The number of hydrazine groups is 1. The quantitative estimate of drug-likeness (QED) is 0.285. The molecule has 0 unspecified atom stereocenters. The van der Waals surface area contributed by atoms with Gasteiger partial charge in [-0.05, 0) is 43.5 Å². The molecule has 4 nitrogen and oxygen atoms in total. The number of benzene rings is 1. The Hall–Kier alpha value is -1.05. The van der Waals surface area contributed by atoms with Gasteiger partial charge in [-0.1, -0.05) is 18.2 Å². The van der Waals surface area contributed by atoms with E-state index in [1.807, 2.05) is 25.1 Å². The Bertz CT molecular complexity index is 397. The average molecular weight is 315 g/mol. The molecule has 7 heteroatoms. The van der Waals surface area contributed by atoms with Crippen LogP contribution in [0, 0.1) is 0 Å². The summed E-state index contributed by atoms with van der Waals surface area (Å²) in [4.78, 5) is 1.26. The molecule has 0 bridgehead atoms. The molecule has 1 aromatic carbocycles. The standard InChI is InChI=1S/C12H18N4S3/c1-2-13-11(17)15-16-12(18)14-8-9-19-10-6-4-3-5-7-10/h3-7H,2,8-9H2,1H3,(H2,13,15,17)(H2,14,16,18). The highest BCUT2D eigenvalue weighted by molar-refractivity contribution is 7.99. The van der Waals surface area contributed by atoms with E-state index in [1.165, 1.54) is 4.90 Å². The van der Waals surface area contributed by atoms with E-state index in [9.17, 15) is 0 Å². The predicted molar refractivity (Wildman–Crippen MR) is 90.3 cm³/mol. The van der Waals surface area contributed by atoms with E-state index in [0.717, 1.165) is 18.8 Å². The van der Waals surface area contributed by atoms with E-state index in [2.05, 4.69) is 33.6 Å². The summed E-state index contributed by atoms with van der Waals surface area (Å²) in [6.45, 7) is 3.55. The summed E-state index contributed by atoms with van der Waals surface area (Å²) in [5.74, 6) is 0.948. The molecule has 0 radical (unpaired) electrons. The van der Waals surface area contributed by atoms with E-state index in [1.54, 1.807) is 11.8 Å². The van der Waals surface area contributed by atoms with Crippen LogP contribution in [0.2, 0.25) is 0 Å². The minimum Gasteiger partial charge on any atom is -0.362 e. The first-order chi connectivity index (χ1) is 9.22. The van der Waals surface area contributed by atoms with Gasteiger partial charge in [-0.15, -0.1) is 11.8 Å². The van der Waals surface area contributed by atoms with E-state index in [0.29, 0.717) is 10.2 Å². The van der Waals surface area contributed by atoms with E-state index in [-0.39, 0.29) is 0 Å². The number of thiocarbonyl (C=S) groups is 2. The van der Waals surface area contributed by atoms with Crippen LogP contribution in [0.4, 0.5) is 0 Å². The van der Waals surface area contributed by atoms with E-state index < -0.39 is 0 Å². The van der Waals surface area contributed by atoms with Gasteiger partial charge in [0.2, 0.25) is 0 Å². The van der Waals surface area contributed by atoms with Gasteiger partial charge in [-0.25, -0.2) is 0 Å². The lowest BCUT2D eigenvalue weighted by atomic mass is 10.4. The molecule has 0 saturated carbocycles. The van der Waals surface area contributed by atoms with Crippen molar-refractivity contribution in [2.45, 2.75) is 11.8 Å². The maximum absolute atomic E-state index is 5.11. The van der Waals surface area contributed by atoms with Crippen molar-refractivity contribution >= 4 is 46.4 Å². The number of hydrogen-bond donors (Lipinski definition) is 4. The molecule has 0 fully saturated rings. The third-order valence-electron chi connectivity index (χ3n) is 2.03. The Morgan fingerprint density at radius 2 is 1.68 bits per heavy atom. The third-order valence-corrected chi connectivity index (χ3v) is 3.53. The van der Waals surface area contributed by atoms with Gasteiger partial charge in [-0.2, -0.15) is 0 Å². The average Bonchev–Trinajstić information content (AvgIpc) is 2.43. The van der Waals surface area contributed by atoms with Crippen molar-refractivity contribution in [1.82, 2.24) is 21.5 Å². The molecule has 0 aliphatic heterocycles. The number of rotatable bonds is 5. The normalized spacial score (nSPS) is 9.53. The molecule has 1 rings (SSSR count). The van der Waals surface area contributed by atoms with Gasteiger partial charge >= 0.3 is 0 Å². The Morgan fingerprint density at radius 1 is 1.05 bits per heavy atom. The van der Waals surface area contributed by atoms with Crippen LogP contribution in [0.15, 0.2) is 35.2 Å². The van der Waals surface area contributed by atoms with Crippen LogP contribution in [-0.2, 0) is 0 Å². The number of nitrogens with one attached hydrogen (secondary N) is 4. The molecule has 0 heterocycles. The summed E-state index contributed by atoms with van der Waals surface area (Å²) in [7, 11) is 0. The van der Waals surface area contributed by atoms with Gasteiger partial charge in [0.1, 0.15) is 0 Å². The Balaban J connectivity index is 2.06. The predicted octanol–water partition coefficient (Wildman–Crippen LogP) is 1.64. The molecule has 0 atom stereocenters. The highest BCUT2D eigenvalue weighted by atomic mass is 32.2. The van der Waals surface area contributed by atoms with Crippen molar-refractivity contribution < 1.29 is 0 Å². The summed E-state index contributed by atoms with van der Waals surface area (Å²) in [6.07, 6.45) is 0. The summed E-state index contributed by atoms with van der Waals surface area (Å²) in [5, 5.41) is 7.12.